The van der Waals surface area contributed by atoms with Gasteiger partial charge in [0.05, 0.1) is 12.1 Å². The van der Waals surface area contributed by atoms with Gasteiger partial charge in [0.25, 0.3) is 0 Å². The molecule has 1 aliphatic carbocycles. The largest absolute Gasteiger partial charge is 0.331 e. The fraction of sp³-hybridized carbons (Fsp3) is 0.500. The summed E-state index contributed by atoms with van der Waals surface area (Å²) in [6.45, 7) is 1.93. The van der Waals surface area contributed by atoms with Gasteiger partial charge in [0.15, 0.2) is 0 Å². The molecule has 114 valence electrons. The monoisotopic (exact) mass is 289 g/mol. The summed E-state index contributed by atoms with van der Waals surface area (Å²) in [6.07, 6.45) is 2.51. The second kappa shape index (κ2) is 6.72. The van der Waals surface area contributed by atoms with E-state index in [2.05, 4.69) is 16.7 Å². The summed E-state index contributed by atoms with van der Waals surface area (Å²) in [7, 11) is 3.66. The quantitative estimate of drug-likeness (QED) is 0.889. The molecule has 0 saturated heterocycles. The molecule has 2 unspecified atom stereocenters. The van der Waals surface area contributed by atoms with Crippen LogP contribution in [-0.4, -0.2) is 37.0 Å². The van der Waals surface area contributed by atoms with Crippen LogP contribution in [0.5, 0.6) is 0 Å². The van der Waals surface area contributed by atoms with Crippen LogP contribution in [-0.2, 0) is 11.2 Å². The summed E-state index contributed by atoms with van der Waals surface area (Å²) in [5, 5.41) is 5.33. The third-order valence-corrected chi connectivity index (χ3v) is 3.99. The molecule has 0 heterocycles. The van der Waals surface area contributed by atoms with Gasteiger partial charge in [-0.3, -0.25) is 15.0 Å². The Balaban J connectivity index is 1.93. The first-order valence-corrected chi connectivity index (χ1v) is 7.38. The van der Waals surface area contributed by atoms with Crippen molar-refractivity contribution in [2.75, 3.05) is 14.1 Å². The lowest BCUT2D eigenvalue weighted by Gasteiger charge is -2.22. The number of aryl methyl sites for hydroxylation is 1. The molecule has 0 radical (unpaired) electrons. The molecule has 1 aromatic rings. The molecule has 0 spiro atoms. The third kappa shape index (κ3) is 3.61. The fourth-order valence-corrected chi connectivity index (χ4v) is 2.88. The summed E-state index contributed by atoms with van der Waals surface area (Å²) < 4.78 is 0. The highest BCUT2D eigenvalue weighted by atomic mass is 16.2. The summed E-state index contributed by atoms with van der Waals surface area (Å²) in [6, 6.07) is 7.39. The second-order valence-electron chi connectivity index (χ2n) is 5.64. The minimum atomic E-state index is -0.415. The van der Waals surface area contributed by atoms with Gasteiger partial charge in [-0.05, 0) is 44.5 Å². The number of carbonyl (C=O) groups is 2. The standard InChI is InChI=1S/C16H23N3O2/c1-4-14(19(2)3)15(20)18-16(21)17-13-10-9-11-7-5-6-8-12(11)13/h5-8,13-14H,4,9-10H2,1-3H3,(H2,17,18,20,21). The zero-order chi connectivity index (χ0) is 15.4. The Labute approximate surface area is 125 Å². The molecule has 5 heteroatoms. The Morgan fingerprint density at radius 1 is 1.33 bits per heavy atom. The topological polar surface area (TPSA) is 61.4 Å². The molecule has 3 amide bonds. The summed E-state index contributed by atoms with van der Waals surface area (Å²) in [5.41, 5.74) is 2.42. The smallest absolute Gasteiger partial charge is 0.321 e. The van der Waals surface area contributed by atoms with Gasteiger partial charge in [-0.15, -0.1) is 0 Å². The van der Waals surface area contributed by atoms with Gasteiger partial charge in [-0.2, -0.15) is 0 Å². The molecule has 2 atom stereocenters. The van der Waals surface area contributed by atoms with Gasteiger partial charge >= 0.3 is 6.03 Å². The van der Waals surface area contributed by atoms with Crippen molar-refractivity contribution in [2.24, 2.45) is 0 Å². The lowest BCUT2D eigenvalue weighted by atomic mass is 10.1. The number of rotatable bonds is 4. The molecular weight excluding hydrogens is 266 g/mol. The molecule has 0 aromatic heterocycles. The Morgan fingerprint density at radius 2 is 2.05 bits per heavy atom. The maximum Gasteiger partial charge on any atom is 0.321 e. The SMILES string of the molecule is CCC(C(=O)NC(=O)NC1CCc2ccccc21)N(C)C. The first-order chi connectivity index (χ1) is 10.0. The number of nitrogens with one attached hydrogen (secondary N) is 2. The van der Waals surface area contributed by atoms with Crippen LogP contribution in [0.3, 0.4) is 0 Å². The van der Waals surface area contributed by atoms with Crippen LogP contribution in [0.1, 0.15) is 36.9 Å². The lowest BCUT2D eigenvalue weighted by Crippen LogP contribution is -2.49. The zero-order valence-corrected chi connectivity index (χ0v) is 12.8. The number of benzene rings is 1. The van der Waals surface area contributed by atoms with Crippen LogP contribution in [0.2, 0.25) is 0 Å². The Kier molecular flexibility index (Phi) is 4.96. The van der Waals surface area contributed by atoms with E-state index in [0.29, 0.717) is 6.42 Å². The predicted octanol–water partition coefficient (Wildman–Crippen LogP) is 1.84. The van der Waals surface area contributed by atoms with E-state index in [9.17, 15) is 9.59 Å². The van der Waals surface area contributed by atoms with Gasteiger partial charge in [0.2, 0.25) is 5.91 Å². The van der Waals surface area contributed by atoms with E-state index >= 15 is 0 Å². The first-order valence-electron chi connectivity index (χ1n) is 7.38. The average Bonchev–Trinajstić information content (AvgIpc) is 2.82. The summed E-state index contributed by atoms with van der Waals surface area (Å²) in [4.78, 5) is 25.8. The van der Waals surface area contributed by atoms with E-state index in [-0.39, 0.29) is 18.0 Å². The minimum absolute atomic E-state index is 0.00608. The molecular formula is C16H23N3O2. The molecule has 2 N–H and O–H groups in total. The minimum Gasteiger partial charge on any atom is -0.331 e. The predicted molar refractivity (Wildman–Crippen MR) is 81.9 cm³/mol. The molecule has 5 nitrogen and oxygen atoms in total. The normalized spacial score (nSPS) is 18.2. The average molecular weight is 289 g/mol. The van der Waals surface area contributed by atoms with Crippen LogP contribution in [0.4, 0.5) is 4.79 Å². The number of urea groups is 1. The summed E-state index contributed by atoms with van der Waals surface area (Å²) in [5.74, 6) is -0.258. The summed E-state index contributed by atoms with van der Waals surface area (Å²) >= 11 is 0. The van der Waals surface area contributed by atoms with Gasteiger partial charge in [0.1, 0.15) is 0 Å². The third-order valence-electron chi connectivity index (χ3n) is 3.99. The van der Waals surface area contributed by atoms with Crippen molar-refractivity contribution < 1.29 is 9.59 Å². The van der Waals surface area contributed by atoms with E-state index in [0.717, 1.165) is 18.4 Å². The molecule has 0 aliphatic heterocycles. The number of hydrogen-bond donors (Lipinski definition) is 2. The molecule has 0 saturated carbocycles. The molecule has 2 rings (SSSR count). The van der Waals surface area contributed by atoms with Crippen molar-refractivity contribution in [2.45, 2.75) is 38.3 Å². The number of imide groups is 1. The maximum absolute atomic E-state index is 12.0. The van der Waals surface area contributed by atoms with Crippen molar-refractivity contribution in [1.29, 1.82) is 0 Å². The van der Waals surface area contributed by atoms with Gasteiger partial charge in [-0.1, -0.05) is 31.2 Å². The molecule has 21 heavy (non-hydrogen) atoms. The lowest BCUT2D eigenvalue weighted by molar-refractivity contribution is -0.124. The molecule has 1 aliphatic rings. The highest BCUT2D eigenvalue weighted by Gasteiger charge is 2.25. The number of hydrogen-bond acceptors (Lipinski definition) is 3. The number of amides is 3. The van der Waals surface area contributed by atoms with Crippen molar-refractivity contribution in [3.8, 4) is 0 Å². The van der Waals surface area contributed by atoms with Crippen molar-refractivity contribution in [3.05, 3.63) is 35.4 Å². The van der Waals surface area contributed by atoms with E-state index in [4.69, 9.17) is 0 Å². The fourth-order valence-electron chi connectivity index (χ4n) is 2.88. The number of nitrogens with zero attached hydrogens (tertiary/aromatic N) is 1. The van der Waals surface area contributed by atoms with E-state index < -0.39 is 6.03 Å². The molecule has 0 bridgehead atoms. The molecule has 0 fully saturated rings. The van der Waals surface area contributed by atoms with Crippen LogP contribution in [0.15, 0.2) is 24.3 Å². The number of fused-ring (bicyclic) bond motifs is 1. The molecule has 1 aromatic carbocycles. The van der Waals surface area contributed by atoms with Crippen LogP contribution in [0.25, 0.3) is 0 Å². The van der Waals surface area contributed by atoms with Crippen molar-refractivity contribution in [1.82, 2.24) is 15.5 Å². The van der Waals surface area contributed by atoms with Crippen molar-refractivity contribution in [3.63, 3.8) is 0 Å². The van der Waals surface area contributed by atoms with Gasteiger partial charge in [0, 0.05) is 0 Å². The number of likely N-dealkylation sites (N-methyl/N-ethyl adjacent to an activating group) is 1. The van der Waals surface area contributed by atoms with E-state index in [1.807, 2.05) is 44.1 Å². The Bertz CT molecular complexity index is 528. The van der Waals surface area contributed by atoms with Crippen LogP contribution < -0.4 is 10.6 Å². The van der Waals surface area contributed by atoms with Crippen molar-refractivity contribution >= 4 is 11.9 Å². The Morgan fingerprint density at radius 3 is 2.71 bits per heavy atom. The second-order valence-corrected chi connectivity index (χ2v) is 5.64. The van der Waals surface area contributed by atoms with E-state index in [1.165, 1.54) is 5.56 Å². The van der Waals surface area contributed by atoms with E-state index in [1.54, 1.807) is 0 Å². The first kappa shape index (κ1) is 15.5. The van der Waals surface area contributed by atoms with Gasteiger partial charge < -0.3 is 5.32 Å². The highest BCUT2D eigenvalue weighted by Crippen LogP contribution is 2.30. The zero-order valence-electron chi connectivity index (χ0n) is 12.8. The highest BCUT2D eigenvalue weighted by molar-refractivity contribution is 5.97. The maximum atomic E-state index is 12.0. The van der Waals surface area contributed by atoms with Gasteiger partial charge in [-0.25, -0.2) is 4.79 Å². The van der Waals surface area contributed by atoms with Crippen LogP contribution >= 0.6 is 0 Å². The Hall–Kier alpha value is -1.88. The van der Waals surface area contributed by atoms with Crippen LogP contribution in [0, 0.1) is 0 Å². The number of carbonyl (C=O) groups excluding carboxylic acids is 2.